The van der Waals surface area contributed by atoms with Gasteiger partial charge in [-0.15, -0.1) is 10.2 Å². The predicted molar refractivity (Wildman–Crippen MR) is 53.0 cm³/mol. The van der Waals surface area contributed by atoms with E-state index in [4.69, 9.17) is 5.73 Å². The summed E-state index contributed by atoms with van der Waals surface area (Å²) in [6.07, 6.45) is 1.08. The van der Waals surface area contributed by atoms with Gasteiger partial charge in [-0.3, -0.25) is 0 Å². The number of nitrogens with two attached hydrogens (primary N) is 1. The fourth-order valence-corrected chi connectivity index (χ4v) is 1.82. The van der Waals surface area contributed by atoms with Gasteiger partial charge in [-0.25, -0.2) is 8.42 Å². The zero-order valence-electron chi connectivity index (χ0n) is 8.17. The molecule has 0 aliphatic carbocycles. The van der Waals surface area contributed by atoms with Crippen LogP contribution in [0.25, 0.3) is 5.65 Å². The van der Waals surface area contributed by atoms with Crippen molar-refractivity contribution in [2.24, 2.45) is 0 Å². The third-order valence-corrected chi connectivity index (χ3v) is 2.90. The van der Waals surface area contributed by atoms with Crippen LogP contribution in [0.4, 0.5) is 5.95 Å². The van der Waals surface area contributed by atoms with Crippen LogP contribution in [0.2, 0.25) is 0 Å². The Morgan fingerprint density at radius 2 is 2.07 bits per heavy atom. The van der Waals surface area contributed by atoms with E-state index in [1.165, 1.54) is 10.6 Å². The molecule has 15 heavy (non-hydrogen) atoms. The second-order valence-corrected chi connectivity index (χ2v) is 5.19. The van der Waals surface area contributed by atoms with E-state index in [0.717, 1.165) is 6.26 Å². The Balaban J connectivity index is 2.88. The van der Waals surface area contributed by atoms with Gasteiger partial charge in [0, 0.05) is 6.26 Å². The molecule has 7 nitrogen and oxygen atoms in total. The van der Waals surface area contributed by atoms with Crippen molar-refractivity contribution >= 4 is 21.4 Å². The molecule has 2 aromatic rings. The maximum Gasteiger partial charge on any atom is 0.243 e. The summed E-state index contributed by atoms with van der Waals surface area (Å²) in [5, 5.41) is 11.2. The highest BCUT2D eigenvalue weighted by atomic mass is 32.2. The Morgan fingerprint density at radius 1 is 1.40 bits per heavy atom. The highest BCUT2D eigenvalue weighted by molar-refractivity contribution is 7.90. The molecule has 0 fully saturated rings. The average Bonchev–Trinajstić information content (AvgIpc) is 2.47. The van der Waals surface area contributed by atoms with E-state index in [1.807, 2.05) is 0 Å². The molecule has 0 radical (unpaired) electrons. The number of rotatable bonds is 1. The second kappa shape index (κ2) is 2.89. The number of aromatic nitrogens is 4. The lowest BCUT2D eigenvalue weighted by Gasteiger charge is -2.01. The third-order valence-electron chi connectivity index (χ3n) is 1.94. The first-order valence-electron chi connectivity index (χ1n) is 4.08. The minimum absolute atomic E-state index is 0.0426. The molecule has 2 N–H and O–H groups in total. The van der Waals surface area contributed by atoms with Gasteiger partial charge in [0.1, 0.15) is 0 Å². The minimum Gasteiger partial charge on any atom is -0.366 e. The zero-order valence-corrected chi connectivity index (χ0v) is 8.98. The lowest BCUT2D eigenvalue weighted by molar-refractivity contribution is 0.595. The first kappa shape index (κ1) is 9.84. The van der Waals surface area contributed by atoms with Crippen LogP contribution in [0.3, 0.4) is 0 Å². The van der Waals surface area contributed by atoms with E-state index in [9.17, 15) is 8.42 Å². The van der Waals surface area contributed by atoms with E-state index >= 15 is 0 Å². The lowest BCUT2D eigenvalue weighted by atomic mass is 10.3. The van der Waals surface area contributed by atoms with Crippen molar-refractivity contribution in [1.82, 2.24) is 19.8 Å². The van der Waals surface area contributed by atoms with E-state index in [0.29, 0.717) is 11.2 Å². The first-order chi connectivity index (χ1) is 6.89. The monoisotopic (exact) mass is 227 g/mol. The van der Waals surface area contributed by atoms with E-state index in [1.54, 1.807) is 6.92 Å². The number of fused-ring (bicyclic) bond motifs is 1. The van der Waals surface area contributed by atoms with Crippen molar-refractivity contribution in [3.8, 4) is 0 Å². The van der Waals surface area contributed by atoms with Crippen LogP contribution in [0.15, 0.2) is 11.1 Å². The van der Waals surface area contributed by atoms with Crippen molar-refractivity contribution in [1.29, 1.82) is 0 Å². The smallest absolute Gasteiger partial charge is 0.243 e. The van der Waals surface area contributed by atoms with Crippen LogP contribution in [-0.4, -0.2) is 34.5 Å². The third kappa shape index (κ3) is 1.52. The van der Waals surface area contributed by atoms with Crippen LogP contribution < -0.4 is 5.73 Å². The van der Waals surface area contributed by atoms with Gasteiger partial charge in [-0.2, -0.15) is 9.61 Å². The van der Waals surface area contributed by atoms with Crippen LogP contribution >= 0.6 is 0 Å². The molecule has 0 spiro atoms. The predicted octanol–water partition coefficient (Wildman–Crippen LogP) is -0.582. The van der Waals surface area contributed by atoms with Gasteiger partial charge in [0.2, 0.25) is 5.95 Å². The number of anilines is 1. The first-order valence-corrected chi connectivity index (χ1v) is 5.97. The molecular weight excluding hydrogens is 218 g/mol. The van der Waals surface area contributed by atoms with Gasteiger partial charge in [0.05, 0.1) is 0 Å². The van der Waals surface area contributed by atoms with Crippen molar-refractivity contribution in [2.45, 2.75) is 11.9 Å². The minimum atomic E-state index is -3.35. The van der Waals surface area contributed by atoms with Gasteiger partial charge in [0.15, 0.2) is 20.5 Å². The van der Waals surface area contributed by atoms with E-state index in [-0.39, 0.29) is 11.0 Å². The molecule has 0 unspecified atom stereocenters. The van der Waals surface area contributed by atoms with Crippen LogP contribution in [0.5, 0.6) is 0 Å². The molecular formula is C7H9N5O2S. The fourth-order valence-electron chi connectivity index (χ4n) is 1.19. The van der Waals surface area contributed by atoms with Crippen molar-refractivity contribution < 1.29 is 8.42 Å². The number of nitrogens with zero attached hydrogens (tertiary/aromatic N) is 4. The van der Waals surface area contributed by atoms with Crippen molar-refractivity contribution in [3.63, 3.8) is 0 Å². The van der Waals surface area contributed by atoms with Crippen molar-refractivity contribution in [2.75, 3.05) is 12.0 Å². The molecule has 80 valence electrons. The fraction of sp³-hybridized carbons (Fsp3) is 0.286. The Labute approximate surface area is 85.8 Å². The second-order valence-electron chi connectivity index (χ2n) is 3.23. The molecule has 8 heteroatoms. The maximum absolute atomic E-state index is 11.3. The Bertz CT molecular complexity index is 630. The number of hydrogen-bond donors (Lipinski definition) is 1. The van der Waals surface area contributed by atoms with Crippen LogP contribution in [-0.2, 0) is 9.84 Å². The standard InChI is InChI=1S/C7H9N5O2S/c1-4-3-5(15(2,13)14)11-12-6(4)9-10-7(12)8/h3H,1-2H3,(H2,8,10). The normalized spacial score (nSPS) is 12.1. The van der Waals surface area contributed by atoms with Crippen molar-refractivity contribution in [3.05, 3.63) is 11.6 Å². The quantitative estimate of drug-likeness (QED) is 0.699. The van der Waals surface area contributed by atoms with Gasteiger partial charge < -0.3 is 5.73 Å². The molecule has 0 amide bonds. The summed E-state index contributed by atoms with van der Waals surface area (Å²) >= 11 is 0. The largest absolute Gasteiger partial charge is 0.366 e. The summed E-state index contributed by atoms with van der Waals surface area (Å²) in [6.45, 7) is 1.72. The number of hydrogen-bond acceptors (Lipinski definition) is 6. The van der Waals surface area contributed by atoms with Gasteiger partial charge in [-0.1, -0.05) is 0 Å². The number of nitrogen functional groups attached to an aromatic ring is 1. The molecule has 0 aliphatic heterocycles. The van der Waals surface area contributed by atoms with Gasteiger partial charge >= 0.3 is 0 Å². The van der Waals surface area contributed by atoms with Crippen LogP contribution in [0, 0.1) is 6.92 Å². The molecule has 0 bridgehead atoms. The van der Waals surface area contributed by atoms with E-state index in [2.05, 4.69) is 15.3 Å². The Hall–Kier alpha value is -1.70. The van der Waals surface area contributed by atoms with Crippen LogP contribution in [0.1, 0.15) is 5.56 Å². The topological polar surface area (TPSA) is 103 Å². The molecule has 0 saturated heterocycles. The van der Waals surface area contributed by atoms with E-state index < -0.39 is 9.84 Å². The van der Waals surface area contributed by atoms with Gasteiger partial charge in [0.25, 0.3) is 0 Å². The molecule has 0 saturated carbocycles. The Kier molecular flexibility index (Phi) is 1.90. The lowest BCUT2D eigenvalue weighted by Crippen LogP contribution is -2.07. The van der Waals surface area contributed by atoms with Gasteiger partial charge in [-0.05, 0) is 18.6 Å². The SMILES string of the molecule is Cc1cc(S(C)(=O)=O)nn2c(N)nnc12. The average molecular weight is 227 g/mol. The summed E-state index contributed by atoms with van der Waals surface area (Å²) in [5.74, 6) is 0.0681. The molecule has 0 atom stereocenters. The summed E-state index contributed by atoms with van der Waals surface area (Å²) in [6, 6.07) is 1.44. The summed E-state index contributed by atoms with van der Waals surface area (Å²) in [4.78, 5) is 0. The highest BCUT2D eigenvalue weighted by Crippen LogP contribution is 2.13. The molecule has 0 aromatic carbocycles. The zero-order chi connectivity index (χ0) is 11.2. The maximum atomic E-state index is 11.3. The summed E-state index contributed by atoms with van der Waals surface area (Å²) < 4.78 is 23.8. The molecule has 2 rings (SSSR count). The molecule has 2 aromatic heterocycles. The number of aryl methyl sites for hydroxylation is 1. The number of sulfone groups is 1. The summed E-state index contributed by atoms with van der Waals surface area (Å²) in [7, 11) is -3.35. The highest BCUT2D eigenvalue weighted by Gasteiger charge is 2.14. The molecule has 0 aliphatic rings. The summed E-state index contributed by atoms with van der Waals surface area (Å²) in [5.41, 5.74) is 6.61. The molecule has 2 heterocycles. The Morgan fingerprint density at radius 3 is 2.67 bits per heavy atom.